The summed E-state index contributed by atoms with van der Waals surface area (Å²) in [7, 11) is 0. The molecule has 0 spiro atoms. The number of nitrogens with one attached hydrogen (secondary N) is 3. The molecule has 9 heteroatoms. The number of carbonyl (C=O) groups excluding carboxylic acids is 2. The molecule has 6 rings (SSSR count). The molecular weight excluding hydrogens is 413 g/mol. The molecule has 1 aliphatic heterocycles. The van der Waals surface area contributed by atoms with Crippen LogP contribution in [-0.2, 0) is 14.3 Å². The van der Waals surface area contributed by atoms with Gasteiger partial charge < -0.3 is 20.1 Å². The fourth-order valence-corrected chi connectivity index (χ4v) is 5.07. The Morgan fingerprint density at radius 1 is 1.27 bits per heavy atom. The zero-order chi connectivity index (χ0) is 20.9. The van der Waals surface area contributed by atoms with Gasteiger partial charge in [0.2, 0.25) is 0 Å². The predicted molar refractivity (Wildman–Crippen MR) is 106 cm³/mol. The quantitative estimate of drug-likeness (QED) is 0.604. The standard InChI is InChI=1S/C21H25ClFN3O4/c22-14-4-3-13(5-15(14)23)29-10-18(27)26-21-6-12(7-21)16(8-21)25-19(28)17-9-24-20(30-17)11-1-2-11/h3-5,11-12,16-17,20,24H,1-2,6-10H2,(H,25,28)(H,26,27). The SMILES string of the molecule is O=C(COc1ccc(Cl)c(F)c1)NC12CC(C1)C(NC(=O)C1CNC(C3CC3)O1)C2. The van der Waals surface area contributed by atoms with Gasteiger partial charge in [-0.1, -0.05) is 11.6 Å². The second-order valence-corrected chi connectivity index (χ2v) is 9.38. The number of hydrogen-bond donors (Lipinski definition) is 3. The summed E-state index contributed by atoms with van der Waals surface area (Å²) in [5, 5.41) is 9.45. The highest BCUT2D eigenvalue weighted by Gasteiger charge is 2.57. The molecule has 1 aromatic rings. The van der Waals surface area contributed by atoms with Crippen LogP contribution in [0.15, 0.2) is 18.2 Å². The summed E-state index contributed by atoms with van der Waals surface area (Å²) in [6.07, 6.45) is 4.29. The molecule has 0 radical (unpaired) electrons. The lowest BCUT2D eigenvalue weighted by atomic mass is 9.76. The number of carbonyl (C=O) groups is 2. The highest BCUT2D eigenvalue weighted by Crippen LogP contribution is 2.52. The number of ether oxygens (including phenoxy) is 2. The number of hydrogen-bond acceptors (Lipinski definition) is 5. The molecule has 0 aromatic heterocycles. The minimum Gasteiger partial charge on any atom is -0.484 e. The molecule has 5 aliphatic rings. The van der Waals surface area contributed by atoms with Gasteiger partial charge in [0.05, 0.1) is 5.02 Å². The Kier molecular flexibility index (Phi) is 5.11. The molecule has 1 aromatic carbocycles. The van der Waals surface area contributed by atoms with Crippen molar-refractivity contribution in [3.05, 3.63) is 29.0 Å². The first-order valence-electron chi connectivity index (χ1n) is 10.5. The first kappa shape index (κ1) is 20.0. The second-order valence-electron chi connectivity index (χ2n) is 8.97. The molecule has 7 nitrogen and oxygen atoms in total. The molecule has 30 heavy (non-hydrogen) atoms. The molecule has 4 aliphatic carbocycles. The van der Waals surface area contributed by atoms with Crippen LogP contribution < -0.4 is 20.7 Å². The number of benzene rings is 1. The van der Waals surface area contributed by atoms with Gasteiger partial charge in [-0.2, -0.15) is 0 Å². The van der Waals surface area contributed by atoms with Crippen molar-refractivity contribution in [1.82, 2.24) is 16.0 Å². The van der Waals surface area contributed by atoms with Gasteiger partial charge in [-0.25, -0.2) is 4.39 Å². The molecule has 2 bridgehead atoms. The van der Waals surface area contributed by atoms with Gasteiger partial charge in [0, 0.05) is 24.2 Å². The molecular formula is C21H25ClFN3O4. The topological polar surface area (TPSA) is 88.7 Å². The van der Waals surface area contributed by atoms with Crippen molar-refractivity contribution in [2.75, 3.05) is 13.2 Å². The van der Waals surface area contributed by atoms with Crippen LogP contribution in [0.3, 0.4) is 0 Å². The molecule has 3 unspecified atom stereocenters. The third kappa shape index (κ3) is 4.00. The summed E-state index contributed by atoms with van der Waals surface area (Å²) in [6.45, 7) is 0.351. The van der Waals surface area contributed by atoms with Crippen LogP contribution in [0.1, 0.15) is 32.1 Å². The average Bonchev–Trinajstić information content (AvgIpc) is 3.18. The van der Waals surface area contributed by atoms with Gasteiger partial charge in [-0.3, -0.25) is 14.9 Å². The van der Waals surface area contributed by atoms with Gasteiger partial charge in [-0.15, -0.1) is 0 Å². The molecule has 1 saturated heterocycles. The zero-order valence-corrected chi connectivity index (χ0v) is 17.2. The number of amides is 2. The van der Waals surface area contributed by atoms with E-state index in [1.165, 1.54) is 12.1 Å². The molecule has 2 amide bonds. The van der Waals surface area contributed by atoms with Gasteiger partial charge >= 0.3 is 0 Å². The summed E-state index contributed by atoms with van der Waals surface area (Å²) in [6, 6.07) is 4.11. The van der Waals surface area contributed by atoms with Gasteiger partial charge in [0.15, 0.2) is 12.7 Å². The normalized spacial score (nSPS) is 34.3. The molecule has 3 atom stereocenters. The van der Waals surface area contributed by atoms with Crippen molar-refractivity contribution >= 4 is 23.4 Å². The van der Waals surface area contributed by atoms with Crippen LogP contribution in [0, 0.1) is 17.7 Å². The number of halogens is 2. The highest BCUT2D eigenvalue weighted by atomic mass is 35.5. The molecule has 5 fully saturated rings. The van der Waals surface area contributed by atoms with E-state index in [1.807, 2.05) is 0 Å². The maximum Gasteiger partial charge on any atom is 0.258 e. The second kappa shape index (κ2) is 7.66. The van der Waals surface area contributed by atoms with Gasteiger partial charge in [0.1, 0.15) is 17.8 Å². The fourth-order valence-electron chi connectivity index (χ4n) is 4.96. The monoisotopic (exact) mass is 437 g/mol. The van der Waals surface area contributed by atoms with E-state index >= 15 is 0 Å². The smallest absolute Gasteiger partial charge is 0.258 e. The summed E-state index contributed by atoms with van der Waals surface area (Å²) in [5.74, 6) is 0.252. The first-order chi connectivity index (χ1) is 14.4. The van der Waals surface area contributed by atoms with Crippen LogP contribution in [0.2, 0.25) is 5.02 Å². The Morgan fingerprint density at radius 2 is 2.07 bits per heavy atom. The predicted octanol–water partition coefficient (Wildman–Crippen LogP) is 1.74. The first-order valence-corrected chi connectivity index (χ1v) is 10.9. The highest BCUT2D eigenvalue weighted by molar-refractivity contribution is 6.30. The van der Waals surface area contributed by atoms with E-state index < -0.39 is 11.9 Å². The van der Waals surface area contributed by atoms with E-state index in [9.17, 15) is 14.0 Å². The molecule has 3 N–H and O–H groups in total. The van der Waals surface area contributed by atoms with Crippen molar-refractivity contribution in [1.29, 1.82) is 0 Å². The third-order valence-electron chi connectivity index (χ3n) is 6.64. The van der Waals surface area contributed by atoms with Crippen molar-refractivity contribution in [3.8, 4) is 5.75 Å². The Morgan fingerprint density at radius 3 is 2.80 bits per heavy atom. The zero-order valence-electron chi connectivity index (χ0n) is 16.5. The van der Waals surface area contributed by atoms with Crippen LogP contribution in [-0.4, -0.2) is 48.9 Å². The summed E-state index contributed by atoms with van der Waals surface area (Å²) < 4.78 is 24.7. The van der Waals surface area contributed by atoms with Gasteiger partial charge in [-0.05, 0) is 56.1 Å². The Hall–Kier alpha value is -1.90. The number of fused-ring (bicyclic) bond motifs is 1. The van der Waals surface area contributed by atoms with Gasteiger partial charge in [0.25, 0.3) is 11.8 Å². The van der Waals surface area contributed by atoms with E-state index in [0.29, 0.717) is 24.8 Å². The average molecular weight is 438 g/mol. The summed E-state index contributed by atoms with van der Waals surface area (Å²) in [5.41, 5.74) is -0.292. The van der Waals surface area contributed by atoms with E-state index in [1.54, 1.807) is 0 Å². The third-order valence-corrected chi connectivity index (χ3v) is 6.94. The maximum absolute atomic E-state index is 13.5. The summed E-state index contributed by atoms with van der Waals surface area (Å²) in [4.78, 5) is 24.9. The molecule has 1 heterocycles. The van der Waals surface area contributed by atoms with Crippen LogP contribution in [0.4, 0.5) is 4.39 Å². The summed E-state index contributed by atoms with van der Waals surface area (Å²) >= 11 is 5.64. The van der Waals surface area contributed by atoms with Crippen LogP contribution in [0.25, 0.3) is 0 Å². The lowest BCUT2D eigenvalue weighted by molar-refractivity contribution is -0.133. The van der Waals surface area contributed by atoms with E-state index in [2.05, 4.69) is 16.0 Å². The molecule has 4 saturated carbocycles. The minimum atomic E-state index is -0.589. The van der Waals surface area contributed by atoms with E-state index in [-0.39, 0.29) is 47.0 Å². The van der Waals surface area contributed by atoms with Crippen molar-refractivity contribution in [2.45, 2.75) is 56.0 Å². The van der Waals surface area contributed by atoms with Crippen molar-refractivity contribution in [2.24, 2.45) is 11.8 Å². The minimum absolute atomic E-state index is 0.00656. The van der Waals surface area contributed by atoms with Crippen molar-refractivity contribution < 1.29 is 23.5 Å². The largest absolute Gasteiger partial charge is 0.484 e. The number of rotatable bonds is 7. The molecule has 162 valence electrons. The Balaban J connectivity index is 1.08. The van der Waals surface area contributed by atoms with Crippen LogP contribution >= 0.6 is 11.6 Å². The van der Waals surface area contributed by atoms with E-state index in [4.69, 9.17) is 21.1 Å². The van der Waals surface area contributed by atoms with E-state index in [0.717, 1.165) is 31.7 Å². The lowest BCUT2D eigenvalue weighted by Gasteiger charge is -2.39. The van der Waals surface area contributed by atoms with Crippen LogP contribution in [0.5, 0.6) is 5.75 Å². The lowest BCUT2D eigenvalue weighted by Crippen LogP contribution is -2.53. The van der Waals surface area contributed by atoms with Crippen molar-refractivity contribution in [3.63, 3.8) is 0 Å². The Labute approximate surface area is 179 Å². The fraction of sp³-hybridized carbons (Fsp3) is 0.619. The Bertz CT molecular complexity index is 859. The maximum atomic E-state index is 13.5.